The number of piperidine rings is 1. The molecule has 3 aromatic rings. The Bertz CT molecular complexity index is 1250. The number of anilines is 1. The molecule has 0 saturated carbocycles. The van der Waals surface area contributed by atoms with Gasteiger partial charge in [0, 0.05) is 29.1 Å². The van der Waals surface area contributed by atoms with Gasteiger partial charge in [0.05, 0.1) is 23.9 Å². The van der Waals surface area contributed by atoms with Crippen LogP contribution in [0.1, 0.15) is 51.8 Å². The van der Waals surface area contributed by atoms with Crippen molar-refractivity contribution in [1.29, 1.82) is 0 Å². The zero-order valence-corrected chi connectivity index (χ0v) is 23.1. The maximum absolute atomic E-state index is 13.9. The van der Waals surface area contributed by atoms with Crippen molar-refractivity contribution >= 4 is 29.0 Å². The van der Waals surface area contributed by atoms with Crippen molar-refractivity contribution in [3.05, 3.63) is 76.5 Å². The number of aromatic nitrogens is 1. The molecule has 1 fully saturated rings. The predicted octanol–water partition coefficient (Wildman–Crippen LogP) is 6.32. The topological polar surface area (TPSA) is 74.8 Å². The van der Waals surface area contributed by atoms with Crippen LogP contribution in [0.3, 0.4) is 0 Å². The maximum Gasteiger partial charge on any atom is 0.328 e. The van der Waals surface area contributed by atoms with E-state index < -0.39 is 17.3 Å². The fourth-order valence-electron chi connectivity index (χ4n) is 4.94. The van der Waals surface area contributed by atoms with Crippen LogP contribution in [-0.4, -0.2) is 45.4 Å². The van der Waals surface area contributed by atoms with Crippen LogP contribution in [0.5, 0.6) is 5.75 Å². The minimum atomic E-state index is -0.728. The molecule has 1 saturated heterocycles. The van der Waals surface area contributed by atoms with E-state index in [2.05, 4.69) is 34.3 Å². The minimum Gasteiger partial charge on any atom is -0.491 e. The second-order valence-electron chi connectivity index (χ2n) is 10.5. The van der Waals surface area contributed by atoms with Crippen LogP contribution in [0, 0.1) is 11.2 Å². The minimum absolute atomic E-state index is 0.0554. The zero-order chi connectivity index (χ0) is 27.3. The van der Waals surface area contributed by atoms with Crippen LogP contribution in [0.2, 0.25) is 0 Å². The molecule has 9 heteroatoms. The number of nitrogens with one attached hydrogen (secondary N) is 1. The van der Waals surface area contributed by atoms with Gasteiger partial charge in [0.15, 0.2) is 0 Å². The number of rotatable bonds is 8. The summed E-state index contributed by atoms with van der Waals surface area (Å²) in [5.74, 6) is 0.136. The van der Waals surface area contributed by atoms with Gasteiger partial charge in [-0.15, -0.1) is 11.3 Å². The highest BCUT2D eigenvalue weighted by molar-refractivity contribution is 7.07. The van der Waals surface area contributed by atoms with Crippen molar-refractivity contribution in [1.82, 2.24) is 14.8 Å². The standard InChI is InChI=1S/C29H35FN4O3S/c1-20(2)37-26-10-5-7-22(13-26)16-33-12-11-29(4,15-21(33)3)27(35)34(17-25-18-38-19-31-25)28(36)32-24-9-6-8-23(30)14-24/h5-10,13-14,18-21H,11-12,15-17H2,1-4H3,(H,32,36)/t21-,29-/m0/s1. The summed E-state index contributed by atoms with van der Waals surface area (Å²) in [7, 11) is 0. The molecule has 0 aliphatic carbocycles. The second-order valence-corrected chi connectivity index (χ2v) is 11.2. The number of carbonyl (C=O) groups excluding carboxylic acids is 2. The normalized spacial score (nSPS) is 19.8. The highest BCUT2D eigenvalue weighted by atomic mass is 32.1. The third kappa shape index (κ3) is 6.96. The van der Waals surface area contributed by atoms with E-state index in [0.717, 1.165) is 17.9 Å². The van der Waals surface area contributed by atoms with Gasteiger partial charge in [-0.1, -0.05) is 25.1 Å². The van der Waals surface area contributed by atoms with Gasteiger partial charge in [-0.25, -0.2) is 14.2 Å². The molecule has 0 radical (unpaired) electrons. The molecular formula is C29H35FN4O3S. The molecule has 2 aromatic carbocycles. The quantitative estimate of drug-likeness (QED) is 0.363. The molecule has 202 valence electrons. The summed E-state index contributed by atoms with van der Waals surface area (Å²) in [4.78, 5) is 35.1. The number of ether oxygens (including phenoxy) is 1. The molecule has 1 aromatic heterocycles. The van der Waals surface area contributed by atoms with Gasteiger partial charge in [-0.2, -0.15) is 0 Å². The molecule has 38 heavy (non-hydrogen) atoms. The molecule has 2 atom stereocenters. The Morgan fingerprint density at radius 3 is 2.74 bits per heavy atom. The van der Waals surface area contributed by atoms with Crippen molar-refractivity contribution in [3.8, 4) is 5.75 Å². The Balaban J connectivity index is 1.47. The lowest BCUT2D eigenvalue weighted by atomic mass is 9.76. The number of imide groups is 1. The van der Waals surface area contributed by atoms with E-state index in [1.165, 1.54) is 34.4 Å². The molecule has 1 N–H and O–H groups in total. The van der Waals surface area contributed by atoms with E-state index >= 15 is 0 Å². The SMILES string of the molecule is CC(C)Oc1cccc(CN2CC[C@](C)(C(=O)N(Cc3cscn3)C(=O)Nc3cccc(F)c3)C[C@@H]2C)c1. The van der Waals surface area contributed by atoms with E-state index in [-0.39, 0.29) is 24.6 Å². The highest BCUT2D eigenvalue weighted by Gasteiger charge is 2.44. The summed E-state index contributed by atoms with van der Waals surface area (Å²) in [5, 5.41) is 4.50. The lowest BCUT2D eigenvalue weighted by Crippen LogP contribution is -2.53. The van der Waals surface area contributed by atoms with E-state index in [1.54, 1.807) is 11.6 Å². The number of benzene rings is 2. The average molecular weight is 539 g/mol. The number of urea groups is 1. The van der Waals surface area contributed by atoms with Crippen LogP contribution in [0.4, 0.5) is 14.9 Å². The van der Waals surface area contributed by atoms with Crippen molar-refractivity contribution in [3.63, 3.8) is 0 Å². The molecule has 2 heterocycles. The first kappa shape index (κ1) is 27.7. The maximum atomic E-state index is 13.9. The summed E-state index contributed by atoms with van der Waals surface area (Å²) in [6, 6.07) is 13.3. The largest absolute Gasteiger partial charge is 0.491 e. The second kappa shape index (κ2) is 12.0. The molecule has 0 bridgehead atoms. The first-order valence-corrected chi connectivity index (χ1v) is 13.8. The Hall–Kier alpha value is -3.30. The number of amides is 3. The third-order valence-corrected chi connectivity index (χ3v) is 7.50. The lowest BCUT2D eigenvalue weighted by molar-refractivity contribution is -0.142. The Kier molecular flexibility index (Phi) is 8.79. The molecule has 3 amide bonds. The number of thiazole rings is 1. The predicted molar refractivity (Wildman–Crippen MR) is 148 cm³/mol. The van der Waals surface area contributed by atoms with Crippen LogP contribution >= 0.6 is 11.3 Å². The van der Waals surface area contributed by atoms with Gasteiger partial charge in [0.25, 0.3) is 0 Å². The summed E-state index contributed by atoms with van der Waals surface area (Å²) in [5.41, 5.74) is 3.03. The molecule has 0 spiro atoms. The summed E-state index contributed by atoms with van der Waals surface area (Å²) < 4.78 is 19.5. The Morgan fingerprint density at radius 2 is 2.05 bits per heavy atom. The lowest BCUT2D eigenvalue weighted by Gasteiger charge is -2.44. The highest BCUT2D eigenvalue weighted by Crippen LogP contribution is 2.37. The van der Waals surface area contributed by atoms with Crippen molar-refractivity contribution in [2.45, 2.75) is 65.8 Å². The van der Waals surface area contributed by atoms with Gasteiger partial charge in [0.2, 0.25) is 5.91 Å². The van der Waals surface area contributed by atoms with Crippen LogP contribution in [0.15, 0.2) is 59.4 Å². The number of likely N-dealkylation sites (tertiary alicyclic amines) is 1. The fourth-order valence-corrected chi connectivity index (χ4v) is 5.49. The third-order valence-electron chi connectivity index (χ3n) is 6.86. The van der Waals surface area contributed by atoms with Gasteiger partial charge >= 0.3 is 6.03 Å². The molecule has 0 unspecified atom stereocenters. The van der Waals surface area contributed by atoms with E-state index in [9.17, 15) is 14.0 Å². The van der Waals surface area contributed by atoms with Gasteiger partial charge in [-0.05, 0) is 76.1 Å². The number of hydrogen-bond acceptors (Lipinski definition) is 6. The Labute approximate surface area is 227 Å². The van der Waals surface area contributed by atoms with Crippen LogP contribution < -0.4 is 10.1 Å². The van der Waals surface area contributed by atoms with Gasteiger partial charge in [-0.3, -0.25) is 14.6 Å². The van der Waals surface area contributed by atoms with Crippen molar-refractivity contribution < 1.29 is 18.7 Å². The molecular weight excluding hydrogens is 503 g/mol. The van der Waals surface area contributed by atoms with E-state index in [0.29, 0.717) is 30.8 Å². The van der Waals surface area contributed by atoms with Crippen LogP contribution in [-0.2, 0) is 17.9 Å². The molecule has 1 aliphatic heterocycles. The van der Waals surface area contributed by atoms with Crippen molar-refractivity contribution in [2.24, 2.45) is 5.41 Å². The average Bonchev–Trinajstić information content (AvgIpc) is 3.37. The van der Waals surface area contributed by atoms with Gasteiger partial charge in [0.1, 0.15) is 11.6 Å². The fraction of sp³-hybridized carbons (Fsp3) is 0.414. The monoisotopic (exact) mass is 538 g/mol. The first-order chi connectivity index (χ1) is 18.1. The zero-order valence-electron chi connectivity index (χ0n) is 22.3. The summed E-state index contributed by atoms with van der Waals surface area (Å²) in [6.45, 7) is 9.60. The summed E-state index contributed by atoms with van der Waals surface area (Å²) >= 11 is 1.41. The van der Waals surface area contributed by atoms with E-state index in [4.69, 9.17) is 4.74 Å². The first-order valence-electron chi connectivity index (χ1n) is 12.9. The number of hydrogen-bond donors (Lipinski definition) is 1. The number of halogens is 1. The number of nitrogens with zero attached hydrogens (tertiary/aromatic N) is 3. The van der Waals surface area contributed by atoms with Crippen molar-refractivity contribution in [2.75, 3.05) is 11.9 Å². The Morgan fingerprint density at radius 1 is 1.26 bits per heavy atom. The molecule has 7 nitrogen and oxygen atoms in total. The number of carbonyl (C=O) groups is 2. The summed E-state index contributed by atoms with van der Waals surface area (Å²) in [6.07, 6.45) is 1.32. The van der Waals surface area contributed by atoms with Gasteiger partial charge < -0.3 is 10.1 Å². The van der Waals surface area contributed by atoms with E-state index in [1.807, 2.05) is 38.3 Å². The smallest absolute Gasteiger partial charge is 0.328 e. The molecule has 4 rings (SSSR count). The van der Waals surface area contributed by atoms with Crippen LogP contribution in [0.25, 0.3) is 0 Å². The molecule has 1 aliphatic rings.